The van der Waals surface area contributed by atoms with Crippen LogP contribution >= 0.6 is 7.92 Å². The normalized spacial score (nSPS) is 10.3. The van der Waals surface area contributed by atoms with Crippen LogP contribution in [-0.2, 0) is 19.5 Å². The molecule has 0 aliphatic rings. The topological polar surface area (TPSA) is 0 Å². The van der Waals surface area contributed by atoms with E-state index >= 15 is 0 Å². The first kappa shape index (κ1) is 25.8. The molecule has 154 valence electrons. The molecule has 0 unspecified atom stereocenters. The molecule has 0 heterocycles. The quantitative estimate of drug-likeness (QED) is 0.124. The molecule has 0 radical (unpaired) electrons. The fourth-order valence-corrected chi connectivity index (χ4v) is 5.62. The summed E-state index contributed by atoms with van der Waals surface area (Å²) in [7, 11) is 0.140. The third-order valence-electron chi connectivity index (χ3n) is 4.63. The van der Waals surface area contributed by atoms with Gasteiger partial charge in [0.2, 0.25) is 0 Å². The van der Waals surface area contributed by atoms with E-state index in [1.165, 1.54) is 76.5 Å². The fourth-order valence-electron chi connectivity index (χ4n) is 3.08. The molecule has 0 aromatic heterocycles. The van der Waals surface area contributed by atoms with Gasteiger partial charge in [-0.3, -0.25) is 0 Å². The van der Waals surface area contributed by atoms with E-state index in [1.54, 1.807) is 5.30 Å². The number of hydrogen-bond acceptors (Lipinski definition) is 0. The minimum absolute atomic E-state index is 0. The van der Waals surface area contributed by atoms with Crippen molar-refractivity contribution in [3.8, 4) is 0 Å². The average molecular weight is 460 g/mol. The minimum Gasteiger partial charge on any atom is -0.748 e. The first-order valence-electron chi connectivity index (χ1n) is 10.5. The van der Waals surface area contributed by atoms with Gasteiger partial charge in [-0.15, -0.1) is 13.2 Å². The predicted octanol–water partition coefficient (Wildman–Crippen LogP) is 7.86. The van der Waals surface area contributed by atoms with Gasteiger partial charge in [-0.05, 0) is 25.2 Å². The van der Waals surface area contributed by atoms with E-state index in [-0.39, 0.29) is 27.4 Å². The Kier molecular flexibility index (Phi) is 19.3. The van der Waals surface area contributed by atoms with Gasteiger partial charge in [0.15, 0.2) is 0 Å². The zero-order valence-electron chi connectivity index (χ0n) is 17.0. The Balaban J connectivity index is 0.000000893. The van der Waals surface area contributed by atoms with Crippen LogP contribution < -0.4 is 5.30 Å². The van der Waals surface area contributed by atoms with Crippen molar-refractivity contribution >= 4 is 13.2 Å². The van der Waals surface area contributed by atoms with Crippen molar-refractivity contribution < 1.29 is 19.5 Å². The molecule has 0 amide bonds. The van der Waals surface area contributed by atoms with Gasteiger partial charge in [-0.25, -0.2) is 12.1 Å². The van der Waals surface area contributed by atoms with Crippen LogP contribution in [0.2, 0.25) is 0 Å². The average Bonchev–Trinajstić information content (AvgIpc) is 3.35. The first-order chi connectivity index (χ1) is 12.4. The second-order valence-electron chi connectivity index (χ2n) is 6.92. The van der Waals surface area contributed by atoms with Crippen LogP contribution in [0, 0.1) is 0 Å². The molecule has 0 aliphatic carbocycles. The van der Waals surface area contributed by atoms with Crippen LogP contribution in [0.4, 0.5) is 0 Å². The predicted molar refractivity (Wildman–Crippen MR) is 118 cm³/mol. The largest absolute Gasteiger partial charge is 0.748 e. The van der Waals surface area contributed by atoms with Gasteiger partial charge in [-0.1, -0.05) is 65.2 Å². The first-order valence-corrected chi connectivity index (χ1v) is 12.2. The van der Waals surface area contributed by atoms with Crippen molar-refractivity contribution in [2.45, 2.75) is 78.1 Å². The SMILES string of the molecule is CCCCCCCP(CCCCCCC)[c-]1cccc1.[Ru].[cH-]1[cH-][cH-][cH-][cH-]1. The standard InChI is InChI=1S/C19H34P.C5H5.Ru/c1-3-5-7-9-13-17-20(19-15-11-12-16-19)18-14-10-8-6-4-2;1-2-4-5-3-1;/h11-12,15-16H,3-10,13-14,17-18H2,1-2H3;1-5H;/q-1;-5;. The maximum absolute atomic E-state index is 2.36. The van der Waals surface area contributed by atoms with E-state index < -0.39 is 0 Å². The Hall–Kier alpha value is -0.247. The van der Waals surface area contributed by atoms with E-state index in [0.29, 0.717) is 0 Å². The van der Waals surface area contributed by atoms with E-state index in [0.717, 1.165) is 0 Å². The third kappa shape index (κ3) is 13.9. The van der Waals surface area contributed by atoms with Crippen LogP contribution in [0.15, 0.2) is 54.6 Å². The molecule has 0 aliphatic heterocycles. The molecule has 2 aromatic carbocycles. The molecule has 0 saturated carbocycles. The Labute approximate surface area is 177 Å². The molecule has 26 heavy (non-hydrogen) atoms. The number of rotatable bonds is 13. The summed E-state index contributed by atoms with van der Waals surface area (Å²) in [6.45, 7) is 4.60. The molecular weight excluding hydrogens is 420 g/mol. The van der Waals surface area contributed by atoms with Crippen LogP contribution in [0.3, 0.4) is 0 Å². The molecule has 2 aromatic rings. The third-order valence-corrected chi connectivity index (χ3v) is 7.37. The maximum Gasteiger partial charge on any atom is 0 e. The van der Waals surface area contributed by atoms with Gasteiger partial charge in [0.1, 0.15) is 0 Å². The smallest absolute Gasteiger partial charge is 0 e. The maximum atomic E-state index is 2.36. The molecule has 0 nitrogen and oxygen atoms in total. The molecule has 0 saturated heterocycles. The molecule has 2 heteroatoms. The van der Waals surface area contributed by atoms with Crippen molar-refractivity contribution in [3.63, 3.8) is 0 Å². The summed E-state index contributed by atoms with van der Waals surface area (Å²) in [5.74, 6) is 0. The van der Waals surface area contributed by atoms with Crippen LogP contribution in [0.1, 0.15) is 78.1 Å². The van der Waals surface area contributed by atoms with Gasteiger partial charge in [0.25, 0.3) is 0 Å². The zero-order chi connectivity index (χ0) is 18.0. The van der Waals surface area contributed by atoms with Crippen molar-refractivity contribution in [2.24, 2.45) is 0 Å². The van der Waals surface area contributed by atoms with Crippen LogP contribution in [-0.4, -0.2) is 12.3 Å². The molecule has 0 fully saturated rings. The molecule has 0 N–H and O–H groups in total. The Morgan fingerprint density at radius 3 is 1.38 bits per heavy atom. The van der Waals surface area contributed by atoms with Gasteiger partial charge in [0.05, 0.1) is 0 Å². The molecule has 0 bridgehead atoms. The molecule has 0 spiro atoms. The summed E-state index contributed by atoms with van der Waals surface area (Å²) in [6.07, 6.45) is 17.2. The second-order valence-corrected chi connectivity index (χ2v) is 9.41. The van der Waals surface area contributed by atoms with E-state index in [9.17, 15) is 0 Å². The number of hydrogen-bond donors (Lipinski definition) is 0. The summed E-state index contributed by atoms with van der Waals surface area (Å²) in [4.78, 5) is 0. The molecule has 2 rings (SSSR count). The summed E-state index contributed by atoms with van der Waals surface area (Å²) < 4.78 is 0. The zero-order valence-corrected chi connectivity index (χ0v) is 19.6. The van der Waals surface area contributed by atoms with Gasteiger partial charge in [-0.2, -0.15) is 12.1 Å². The van der Waals surface area contributed by atoms with Crippen molar-refractivity contribution in [1.29, 1.82) is 0 Å². The monoisotopic (exact) mass is 460 g/mol. The van der Waals surface area contributed by atoms with Gasteiger partial charge in [0, 0.05) is 19.5 Å². The fraction of sp³-hybridized carbons (Fsp3) is 0.583. The molecule has 0 atom stereocenters. The second kappa shape index (κ2) is 19.5. The minimum atomic E-state index is 0. The summed E-state index contributed by atoms with van der Waals surface area (Å²) in [6, 6.07) is 19.2. The Morgan fingerprint density at radius 1 is 0.615 bits per heavy atom. The number of unbranched alkanes of at least 4 members (excludes halogenated alkanes) is 8. The van der Waals surface area contributed by atoms with Crippen molar-refractivity contribution in [2.75, 3.05) is 12.3 Å². The summed E-state index contributed by atoms with van der Waals surface area (Å²) in [5.41, 5.74) is 0. The Morgan fingerprint density at radius 2 is 1.00 bits per heavy atom. The molecular formula is C24H39PRu-6. The summed E-state index contributed by atoms with van der Waals surface area (Å²) in [5, 5.41) is 1.66. The van der Waals surface area contributed by atoms with E-state index in [1.807, 2.05) is 30.3 Å². The van der Waals surface area contributed by atoms with Crippen molar-refractivity contribution in [1.82, 2.24) is 0 Å². The van der Waals surface area contributed by atoms with Crippen LogP contribution in [0.5, 0.6) is 0 Å². The van der Waals surface area contributed by atoms with Gasteiger partial charge >= 0.3 is 0 Å². The van der Waals surface area contributed by atoms with E-state index in [2.05, 4.69) is 38.1 Å². The van der Waals surface area contributed by atoms with Crippen LogP contribution in [0.25, 0.3) is 0 Å². The Bertz CT molecular complexity index is 415. The van der Waals surface area contributed by atoms with Crippen molar-refractivity contribution in [3.05, 3.63) is 54.6 Å². The summed E-state index contributed by atoms with van der Waals surface area (Å²) >= 11 is 0. The van der Waals surface area contributed by atoms with E-state index in [4.69, 9.17) is 0 Å². The van der Waals surface area contributed by atoms with Gasteiger partial charge < -0.3 is 30.3 Å².